The summed E-state index contributed by atoms with van der Waals surface area (Å²) in [5, 5.41) is 6.60. The first-order chi connectivity index (χ1) is 9.47. The fourth-order valence-corrected chi connectivity index (χ4v) is 2.91. The molecular formula is C17H26N2O. The van der Waals surface area contributed by atoms with Crippen molar-refractivity contribution in [3.05, 3.63) is 35.4 Å². The van der Waals surface area contributed by atoms with Gasteiger partial charge in [0.2, 0.25) is 5.91 Å². The van der Waals surface area contributed by atoms with E-state index in [1.165, 1.54) is 18.4 Å². The Kier molecular flexibility index (Phi) is 4.81. The summed E-state index contributed by atoms with van der Waals surface area (Å²) >= 11 is 0. The monoisotopic (exact) mass is 274 g/mol. The molecule has 20 heavy (non-hydrogen) atoms. The Morgan fingerprint density at radius 2 is 2.25 bits per heavy atom. The van der Waals surface area contributed by atoms with Gasteiger partial charge in [-0.2, -0.15) is 0 Å². The Morgan fingerprint density at radius 3 is 2.95 bits per heavy atom. The maximum Gasteiger partial charge on any atom is 0.224 e. The summed E-state index contributed by atoms with van der Waals surface area (Å²) in [6.07, 6.45) is 2.91. The van der Waals surface area contributed by atoms with Crippen molar-refractivity contribution in [3.8, 4) is 0 Å². The Labute approximate surface area is 122 Å². The van der Waals surface area contributed by atoms with E-state index in [2.05, 4.69) is 43.5 Å². The maximum atomic E-state index is 12.0. The molecule has 2 rings (SSSR count). The van der Waals surface area contributed by atoms with Crippen LogP contribution in [0.2, 0.25) is 0 Å². The van der Waals surface area contributed by atoms with Crippen molar-refractivity contribution in [2.75, 3.05) is 13.1 Å². The lowest BCUT2D eigenvalue weighted by atomic mass is 9.77. The van der Waals surface area contributed by atoms with Gasteiger partial charge in [0, 0.05) is 12.6 Å². The average molecular weight is 274 g/mol. The van der Waals surface area contributed by atoms with E-state index in [-0.39, 0.29) is 11.3 Å². The largest absolute Gasteiger partial charge is 0.354 e. The number of piperidine rings is 1. The highest BCUT2D eigenvalue weighted by Gasteiger charge is 2.31. The van der Waals surface area contributed by atoms with Gasteiger partial charge in [-0.15, -0.1) is 0 Å². The summed E-state index contributed by atoms with van der Waals surface area (Å²) in [5.74, 6) is 0.110. The van der Waals surface area contributed by atoms with Crippen LogP contribution in [0.25, 0.3) is 0 Å². The molecule has 2 N–H and O–H groups in total. The molecule has 0 aliphatic carbocycles. The Hall–Kier alpha value is -1.35. The van der Waals surface area contributed by atoms with Crippen molar-refractivity contribution >= 4 is 5.91 Å². The number of rotatable bonds is 4. The molecule has 0 saturated carbocycles. The van der Waals surface area contributed by atoms with Crippen LogP contribution in [0.4, 0.5) is 0 Å². The predicted molar refractivity (Wildman–Crippen MR) is 82.7 cm³/mol. The van der Waals surface area contributed by atoms with Crippen LogP contribution < -0.4 is 10.6 Å². The third-order valence-corrected chi connectivity index (χ3v) is 4.28. The van der Waals surface area contributed by atoms with E-state index in [4.69, 9.17) is 0 Å². The molecule has 1 aliphatic heterocycles. The van der Waals surface area contributed by atoms with Gasteiger partial charge in [0.05, 0.1) is 6.42 Å². The van der Waals surface area contributed by atoms with Crippen molar-refractivity contribution in [2.24, 2.45) is 5.41 Å². The molecule has 1 fully saturated rings. The molecule has 1 aromatic carbocycles. The van der Waals surface area contributed by atoms with Gasteiger partial charge >= 0.3 is 0 Å². The van der Waals surface area contributed by atoms with Crippen LogP contribution in [0.3, 0.4) is 0 Å². The van der Waals surface area contributed by atoms with Gasteiger partial charge in [0.15, 0.2) is 0 Å². The number of carbonyl (C=O) groups excluding carboxylic acids is 1. The van der Waals surface area contributed by atoms with Crippen molar-refractivity contribution in [1.29, 1.82) is 0 Å². The van der Waals surface area contributed by atoms with E-state index < -0.39 is 0 Å². The molecule has 1 heterocycles. The van der Waals surface area contributed by atoms with E-state index in [0.29, 0.717) is 12.5 Å². The van der Waals surface area contributed by atoms with Gasteiger partial charge < -0.3 is 10.6 Å². The van der Waals surface area contributed by atoms with E-state index in [0.717, 1.165) is 18.7 Å². The lowest BCUT2D eigenvalue weighted by molar-refractivity contribution is -0.120. The fourth-order valence-electron chi connectivity index (χ4n) is 2.91. The topological polar surface area (TPSA) is 41.1 Å². The Bertz CT molecular complexity index is 468. The minimum Gasteiger partial charge on any atom is -0.354 e. The SMILES string of the molecule is Cc1cccc(CC(=O)NCC2NCCCC2(C)C)c1. The smallest absolute Gasteiger partial charge is 0.224 e. The summed E-state index contributed by atoms with van der Waals surface area (Å²) in [7, 11) is 0. The number of aryl methyl sites for hydroxylation is 1. The van der Waals surface area contributed by atoms with Crippen LogP contribution in [0.5, 0.6) is 0 Å². The number of hydrogen-bond acceptors (Lipinski definition) is 2. The number of carbonyl (C=O) groups is 1. The van der Waals surface area contributed by atoms with Crippen molar-refractivity contribution < 1.29 is 4.79 Å². The van der Waals surface area contributed by atoms with Crippen LogP contribution in [-0.4, -0.2) is 25.0 Å². The van der Waals surface area contributed by atoms with Gasteiger partial charge in [0.25, 0.3) is 0 Å². The number of hydrogen-bond donors (Lipinski definition) is 2. The fraction of sp³-hybridized carbons (Fsp3) is 0.588. The molecule has 1 aromatic rings. The van der Waals surface area contributed by atoms with E-state index >= 15 is 0 Å². The first-order valence-electron chi connectivity index (χ1n) is 7.53. The third kappa shape index (κ3) is 4.07. The molecule has 3 nitrogen and oxygen atoms in total. The van der Waals surface area contributed by atoms with Crippen LogP contribution in [-0.2, 0) is 11.2 Å². The highest BCUT2D eigenvalue weighted by molar-refractivity contribution is 5.78. The first kappa shape index (κ1) is 15.0. The summed E-state index contributed by atoms with van der Waals surface area (Å²) in [4.78, 5) is 12.0. The Balaban J connectivity index is 1.83. The van der Waals surface area contributed by atoms with Crippen LogP contribution in [0.1, 0.15) is 37.8 Å². The van der Waals surface area contributed by atoms with Crippen molar-refractivity contribution in [3.63, 3.8) is 0 Å². The second kappa shape index (κ2) is 6.40. The highest BCUT2D eigenvalue weighted by Crippen LogP contribution is 2.29. The van der Waals surface area contributed by atoms with E-state index in [1.807, 2.05) is 12.1 Å². The van der Waals surface area contributed by atoms with Gasteiger partial charge in [-0.1, -0.05) is 43.7 Å². The lowest BCUT2D eigenvalue weighted by Crippen LogP contribution is -2.52. The number of nitrogens with one attached hydrogen (secondary N) is 2. The molecule has 1 unspecified atom stereocenters. The van der Waals surface area contributed by atoms with Gasteiger partial charge in [0.1, 0.15) is 0 Å². The summed E-state index contributed by atoms with van der Waals surface area (Å²) in [5.41, 5.74) is 2.54. The third-order valence-electron chi connectivity index (χ3n) is 4.28. The Morgan fingerprint density at radius 1 is 1.45 bits per heavy atom. The highest BCUT2D eigenvalue weighted by atomic mass is 16.1. The molecule has 1 saturated heterocycles. The zero-order valence-corrected chi connectivity index (χ0v) is 12.8. The van der Waals surface area contributed by atoms with Crippen LogP contribution >= 0.6 is 0 Å². The normalized spacial score (nSPS) is 21.4. The standard InChI is InChI=1S/C17H26N2O/c1-13-6-4-7-14(10-13)11-16(20)19-12-15-17(2,3)8-5-9-18-15/h4,6-7,10,15,18H,5,8-9,11-12H2,1-3H3,(H,19,20). The molecule has 0 bridgehead atoms. The molecular weight excluding hydrogens is 248 g/mol. The molecule has 0 aromatic heterocycles. The number of amides is 1. The molecule has 0 spiro atoms. The summed E-state index contributed by atoms with van der Waals surface area (Å²) < 4.78 is 0. The summed E-state index contributed by atoms with van der Waals surface area (Å²) in [6, 6.07) is 8.51. The zero-order valence-electron chi connectivity index (χ0n) is 12.8. The second-order valence-electron chi connectivity index (χ2n) is 6.57. The van der Waals surface area contributed by atoms with Crippen LogP contribution in [0, 0.1) is 12.3 Å². The zero-order chi connectivity index (χ0) is 14.6. The first-order valence-corrected chi connectivity index (χ1v) is 7.53. The minimum atomic E-state index is 0.110. The number of benzene rings is 1. The molecule has 1 amide bonds. The minimum absolute atomic E-state index is 0.110. The molecule has 110 valence electrons. The molecule has 1 atom stereocenters. The van der Waals surface area contributed by atoms with Crippen molar-refractivity contribution in [1.82, 2.24) is 10.6 Å². The molecule has 0 radical (unpaired) electrons. The quantitative estimate of drug-likeness (QED) is 0.885. The van der Waals surface area contributed by atoms with E-state index in [9.17, 15) is 4.79 Å². The van der Waals surface area contributed by atoms with Crippen molar-refractivity contribution in [2.45, 2.75) is 46.1 Å². The molecule has 1 aliphatic rings. The predicted octanol–water partition coefficient (Wildman–Crippen LogP) is 2.43. The van der Waals surface area contributed by atoms with Crippen LogP contribution in [0.15, 0.2) is 24.3 Å². The van der Waals surface area contributed by atoms with E-state index in [1.54, 1.807) is 0 Å². The maximum absolute atomic E-state index is 12.0. The van der Waals surface area contributed by atoms with Gasteiger partial charge in [-0.3, -0.25) is 4.79 Å². The average Bonchev–Trinajstić information content (AvgIpc) is 2.37. The molecule has 3 heteroatoms. The van der Waals surface area contributed by atoms with Gasteiger partial charge in [-0.05, 0) is 37.3 Å². The van der Waals surface area contributed by atoms with Gasteiger partial charge in [-0.25, -0.2) is 0 Å². The summed E-state index contributed by atoms with van der Waals surface area (Å²) in [6.45, 7) is 8.38. The second-order valence-corrected chi connectivity index (χ2v) is 6.57. The lowest BCUT2D eigenvalue weighted by Gasteiger charge is -2.39.